The van der Waals surface area contributed by atoms with Crippen LogP contribution >= 0.6 is 17.7 Å². The first-order valence-electron chi connectivity index (χ1n) is 2.78. The van der Waals surface area contributed by atoms with E-state index in [1.807, 2.05) is 0 Å². The summed E-state index contributed by atoms with van der Waals surface area (Å²) >= 11 is 0. The topological polar surface area (TPSA) is 77.8 Å². The predicted octanol–water partition coefficient (Wildman–Crippen LogP) is 0.690. The first-order valence-corrected chi connectivity index (χ1v) is 4.35. The quantitative estimate of drug-likeness (QED) is 0.488. The van der Waals surface area contributed by atoms with Crippen molar-refractivity contribution in [3.63, 3.8) is 0 Å². The highest BCUT2D eigenvalue weighted by molar-refractivity contribution is 7.45. The number of phosphoric acid groups is 1. The second-order valence-electron chi connectivity index (χ2n) is 1.93. The van der Waals surface area contributed by atoms with E-state index in [1.165, 1.54) is 25.7 Å². The number of hydrogen-bond acceptors (Lipinski definition) is 1. The van der Waals surface area contributed by atoms with Gasteiger partial charge in [-0.25, -0.2) is 4.57 Å². The van der Waals surface area contributed by atoms with Gasteiger partial charge in [0.2, 0.25) is 0 Å². The van der Waals surface area contributed by atoms with Gasteiger partial charge >= 0.3 is 7.82 Å². The third-order valence-corrected chi connectivity index (χ3v) is 1.000. The SMILES string of the molecule is C1CCC1.O=P(O)(O)O.P. The van der Waals surface area contributed by atoms with Crippen molar-refractivity contribution in [3.8, 4) is 0 Å². The Kier molecular flexibility index (Phi) is 8.24. The number of rotatable bonds is 0. The van der Waals surface area contributed by atoms with Gasteiger partial charge in [0, 0.05) is 0 Å². The highest BCUT2D eigenvalue weighted by atomic mass is 31.2. The average Bonchev–Trinajstić information content (AvgIpc) is 1.12. The second-order valence-corrected chi connectivity index (χ2v) is 2.95. The van der Waals surface area contributed by atoms with Gasteiger partial charge in [-0.15, -0.1) is 0 Å². The molecule has 0 spiro atoms. The molecule has 0 amide bonds. The molecule has 1 unspecified atom stereocenters. The zero-order valence-corrected chi connectivity index (χ0v) is 8.04. The van der Waals surface area contributed by atoms with Crippen molar-refractivity contribution in [2.75, 3.05) is 0 Å². The van der Waals surface area contributed by atoms with Gasteiger partial charge in [-0.1, -0.05) is 25.7 Å². The molecule has 0 radical (unpaired) electrons. The van der Waals surface area contributed by atoms with E-state index in [9.17, 15) is 0 Å². The van der Waals surface area contributed by atoms with Crippen molar-refractivity contribution < 1.29 is 19.2 Å². The molecule has 0 bridgehead atoms. The largest absolute Gasteiger partial charge is 0.466 e. The van der Waals surface area contributed by atoms with Crippen LogP contribution in [0.25, 0.3) is 0 Å². The van der Waals surface area contributed by atoms with Crippen LogP contribution in [0.15, 0.2) is 0 Å². The van der Waals surface area contributed by atoms with E-state index in [0.29, 0.717) is 0 Å². The van der Waals surface area contributed by atoms with Crippen molar-refractivity contribution in [2.45, 2.75) is 25.7 Å². The summed E-state index contributed by atoms with van der Waals surface area (Å²) in [5, 5.41) is 0. The molecule has 10 heavy (non-hydrogen) atoms. The maximum Gasteiger partial charge on any atom is 0.466 e. The Morgan fingerprint density at radius 3 is 1.00 bits per heavy atom. The molecule has 3 N–H and O–H groups in total. The Hall–Kier alpha value is 0.540. The van der Waals surface area contributed by atoms with E-state index in [0.717, 1.165) is 0 Å². The third-order valence-electron chi connectivity index (χ3n) is 1.000. The van der Waals surface area contributed by atoms with Crippen molar-refractivity contribution >= 4 is 17.7 Å². The average molecular weight is 188 g/mol. The Morgan fingerprint density at radius 2 is 1.00 bits per heavy atom. The highest BCUT2D eigenvalue weighted by Crippen LogP contribution is 2.25. The van der Waals surface area contributed by atoms with Gasteiger partial charge in [-0.05, 0) is 0 Å². The minimum absolute atomic E-state index is 0. The van der Waals surface area contributed by atoms with Crippen LogP contribution < -0.4 is 0 Å². The van der Waals surface area contributed by atoms with Crippen molar-refractivity contribution in [1.82, 2.24) is 0 Å². The highest BCUT2D eigenvalue weighted by Gasteiger charge is 2.00. The molecule has 0 aromatic rings. The summed E-state index contributed by atoms with van der Waals surface area (Å²) in [6.45, 7) is 0. The van der Waals surface area contributed by atoms with Gasteiger partial charge in [0.25, 0.3) is 0 Å². The second kappa shape index (κ2) is 6.26. The van der Waals surface area contributed by atoms with Gasteiger partial charge in [-0.3, -0.25) is 0 Å². The van der Waals surface area contributed by atoms with E-state index in [-0.39, 0.29) is 9.90 Å². The summed E-state index contributed by atoms with van der Waals surface area (Å²) in [5.74, 6) is 0. The van der Waals surface area contributed by atoms with Crippen molar-refractivity contribution in [1.29, 1.82) is 0 Å². The van der Waals surface area contributed by atoms with E-state index in [1.54, 1.807) is 0 Å². The summed E-state index contributed by atoms with van der Waals surface area (Å²) in [5.41, 5.74) is 0. The Labute approximate surface area is 63.5 Å². The van der Waals surface area contributed by atoms with Crippen molar-refractivity contribution in [2.24, 2.45) is 0 Å². The van der Waals surface area contributed by atoms with E-state index >= 15 is 0 Å². The summed E-state index contributed by atoms with van der Waals surface area (Å²) in [7, 11) is -4.64. The standard InChI is InChI=1S/C4H8.H3O4P.H3P/c1-2-4-3-1;1-5(2,3)4;/h1-4H2;(H3,1,2,3,4);1H3. The minimum Gasteiger partial charge on any atom is -0.303 e. The van der Waals surface area contributed by atoms with E-state index in [2.05, 4.69) is 0 Å². The van der Waals surface area contributed by atoms with Crippen LogP contribution in [-0.2, 0) is 4.57 Å². The molecular formula is C4H14O4P2. The zero-order valence-electron chi connectivity index (χ0n) is 5.73. The molecule has 0 aromatic heterocycles. The molecule has 64 valence electrons. The lowest BCUT2D eigenvalue weighted by Gasteiger charge is -2.05. The van der Waals surface area contributed by atoms with Gasteiger partial charge in [0.05, 0.1) is 0 Å². The van der Waals surface area contributed by atoms with Crippen LogP contribution in [0.2, 0.25) is 0 Å². The fraction of sp³-hybridized carbons (Fsp3) is 1.00. The maximum atomic E-state index is 8.88. The lowest BCUT2D eigenvalue weighted by molar-refractivity contribution is 0.275. The van der Waals surface area contributed by atoms with Crippen LogP contribution in [0.4, 0.5) is 0 Å². The van der Waals surface area contributed by atoms with Crippen LogP contribution in [0, 0.1) is 0 Å². The molecule has 0 aromatic carbocycles. The lowest BCUT2D eigenvalue weighted by Crippen LogP contribution is -1.85. The van der Waals surface area contributed by atoms with Crippen molar-refractivity contribution in [3.05, 3.63) is 0 Å². The first kappa shape index (κ1) is 13.2. The molecule has 0 saturated heterocycles. The Balaban J connectivity index is 0. The molecule has 6 heteroatoms. The van der Waals surface area contributed by atoms with Crippen LogP contribution in [0.3, 0.4) is 0 Å². The Morgan fingerprint density at radius 1 is 0.900 bits per heavy atom. The normalized spacial score (nSPS) is 15.5. The first-order chi connectivity index (χ1) is 4.00. The van der Waals surface area contributed by atoms with Crippen LogP contribution in [0.5, 0.6) is 0 Å². The molecule has 1 aliphatic rings. The van der Waals surface area contributed by atoms with Crippen LogP contribution in [0.1, 0.15) is 25.7 Å². The molecule has 1 atom stereocenters. The molecule has 1 saturated carbocycles. The lowest BCUT2D eigenvalue weighted by atomic mass is 10.0. The van der Waals surface area contributed by atoms with Gasteiger partial charge < -0.3 is 14.7 Å². The summed E-state index contributed by atoms with van der Waals surface area (Å²) in [4.78, 5) is 21.6. The summed E-state index contributed by atoms with van der Waals surface area (Å²) < 4.78 is 8.88. The fourth-order valence-electron chi connectivity index (χ4n) is 0.250. The van der Waals surface area contributed by atoms with Crippen LogP contribution in [-0.4, -0.2) is 14.7 Å². The van der Waals surface area contributed by atoms with Gasteiger partial charge in [0.15, 0.2) is 0 Å². The minimum atomic E-state index is -4.64. The molecule has 1 fully saturated rings. The molecule has 1 aliphatic carbocycles. The summed E-state index contributed by atoms with van der Waals surface area (Å²) in [6.07, 6.45) is 6.00. The number of hydrogen-bond donors (Lipinski definition) is 3. The smallest absolute Gasteiger partial charge is 0.303 e. The third kappa shape index (κ3) is 23.6. The van der Waals surface area contributed by atoms with Gasteiger partial charge in [-0.2, -0.15) is 9.90 Å². The molecule has 0 aliphatic heterocycles. The van der Waals surface area contributed by atoms with E-state index < -0.39 is 7.82 Å². The molecule has 1 rings (SSSR count). The molecular weight excluding hydrogens is 174 g/mol. The molecule has 4 nitrogen and oxygen atoms in total. The Bertz CT molecular complexity index is 93.6. The summed E-state index contributed by atoms with van der Waals surface area (Å²) in [6, 6.07) is 0. The van der Waals surface area contributed by atoms with E-state index in [4.69, 9.17) is 19.2 Å². The maximum absolute atomic E-state index is 8.88. The zero-order chi connectivity index (χ0) is 7.33. The van der Waals surface area contributed by atoms with Gasteiger partial charge in [0.1, 0.15) is 0 Å². The fourth-order valence-corrected chi connectivity index (χ4v) is 0.250. The predicted molar refractivity (Wildman–Crippen MR) is 43.8 cm³/mol. The molecule has 0 heterocycles. The monoisotopic (exact) mass is 188 g/mol.